The SMILES string of the molecule is CN(Cc1c(I)cc(C(C)(C)C)cc1CN)S(=O)(=O)O. The van der Waals surface area contributed by atoms with Gasteiger partial charge in [0.15, 0.2) is 0 Å². The topological polar surface area (TPSA) is 83.6 Å². The lowest BCUT2D eigenvalue weighted by Gasteiger charge is -2.23. The zero-order valence-electron chi connectivity index (χ0n) is 12.1. The van der Waals surface area contributed by atoms with Crippen molar-refractivity contribution in [2.75, 3.05) is 7.05 Å². The Morgan fingerprint density at radius 2 is 1.90 bits per heavy atom. The Morgan fingerprint density at radius 1 is 1.35 bits per heavy atom. The Hall–Kier alpha value is -0.220. The van der Waals surface area contributed by atoms with Crippen LogP contribution in [0.5, 0.6) is 0 Å². The van der Waals surface area contributed by atoms with Crippen LogP contribution in [-0.2, 0) is 28.8 Å². The molecule has 0 fully saturated rings. The van der Waals surface area contributed by atoms with Crippen LogP contribution < -0.4 is 5.73 Å². The van der Waals surface area contributed by atoms with E-state index in [1.54, 1.807) is 0 Å². The molecular formula is C13H21IN2O3S. The van der Waals surface area contributed by atoms with Crippen molar-refractivity contribution < 1.29 is 13.0 Å². The van der Waals surface area contributed by atoms with Crippen molar-refractivity contribution >= 4 is 32.9 Å². The standard InChI is InChI=1S/C13H21IN2O3S/c1-13(2,3)10-5-9(7-15)11(12(14)6-10)8-16(4)20(17,18)19/h5-6H,7-8,15H2,1-4H3,(H,17,18,19). The van der Waals surface area contributed by atoms with Crippen LogP contribution in [0, 0.1) is 3.57 Å². The van der Waals surface area contributed by atoms with Crippen LogP contribution in [0.3, 0.4) is 0 Å². The number of nitrogens with zero attached hydrogens (tertiary/aromatic N) is 1. The molecule has 0 aromatic heterocycles. The molecule has 0 radical (unpaired) electrons. The van der Waals surface area contributed by atoms with E-state index in [0.717, 1.165) is 24.6 Å². The molecule has 3 N–H and O–H groups in total. The van der Waals surface area contributed by atoms with Crippen molar-refractivity contribution in [1.29, 1.82) is 0 Å². The van der Waals surface area contributed by atoms with Gasteiger partial charge in [-0.25, -0.2) is 0 Å². The number of nitrogens with two attached hydrogens (primary N) is 1. The molecule has 0 unspecified atom stereocenters. The largest absolute Gasteiger partial charge is 0.335 e. The van der Waals surface area contributed by atoms with Crippen LogP contribution in [0.15, 0.2) is 12.1 Å². The van der Waals surface area contributed by atoms with Crippen LogP contribution in [0.25, 0.3) is 0 Å². The zero-order chi connectivity index (χ0) is 15.7. The van der Waals surface area contributed by atoms with Gasteiger partial charge in [0.05, 0.1) is 0 Å². The second-order valence-corrected chi connectivity index (χ2v) is 8.46. The van der Waals surface area contributed by atoms with Gasteiger partial charge in [0.2, 0.25) is 0 Å². The first-order valence-electron chi connectivity index (χ1n) is 6.17. The van der Waals surface area contributed by atoms with E-state index in [1.807, 2.05) is 12.1 Å². The lowest BCUT2D eigenvalue weighted by Crippen LogP contribution is -2.27. The Labute approximate surface area is 134 Å². The van der Waals surface area contributed by atoms with Crippen molar-refractivity contribution in [2.45, 2.75) is 39.3 Å². The van der Waals surface area contributed by atoms with Gasteiger partial charge in [-0.3, -0.25) is 4.55 Å². The minimum Gasteiger partial charge on any atom is -0.326 e. The summed E-state index contributed by atoms with van der Waals surface area (Å²) in [5.74, 6) is 0. The van der Waals surface area contributed by atoms with E-state index >= 15 is 0 Å². The fraction of sp³-hybridized carbons (Fsp3) is 0.538. The van der Waals surface area contributed by atoms with Gasteiger partial charge in [-0.1, -0.05) is 26.8 Å². The summed E-state index contributed by atoms with van der Waals surface area (Å²) in [5.41, 5.74) is 8.67. The van der Waals surface area contributed by atoms with E-state index in [4.69, 9.17) is 10.3 Å². The highest BCUT2D eigenvalue weighted by molar-refractivity contribution is 14.1. The highest BCUT2D eigenvalue weighted by atomic mass is 127. The molecule has 1 rings (SSSR count). The van der Waals surface area contributed by atoms with Crippen molar-refractivity contribution in [1.82, 2.24) is 4.31 Å². The average Bonchev–Trinajstić information content (AvgIpc) is 2.28. The summed E-state index contributed by atoms with van der Waals surface area (Å²) in [6, 6.07) is 4.04. The van der Waals surface area contributed by atoms with Gasteiger partial charge >= 0.3 is 10.3 Å². The zero-order valence-corrected chi connectivity index (χ0v) is 15.1. The summed E-state index contributed by atoms with van der Waals surface area (Å²) < 4.78 is 33.1. The first-order chi connectivity index (χ1) is 8.96. The molecular weight excluding hydrogens is 391 g/mol. The minimum atomic E-state index is -4.19. The molecule has 0 aliphatic carbocycles. The maximum absolute atomic E-state index is 11.1. The lowest BCUT2D eigenvalue weighted by molar-refractivity contribution is 0.382. The van der Waals surface area contributed by atoms with Crippen LogP contribution in [0.4, 0.5) is 0 Å². The van der Waals surface area contributed by atoms with E-state index in [0.29, 0.717) is 6.54 Å². The molecule has 0 aliphatic rings. The third-order valence-electron chi connectivity index (χ3n) is 3.15. The van der Waals surface area contributed by atoms with Crippen LogP contribution in [0.2, 0.25) is 0 Å². The first-order valence-corrected chi connectivity index (χ1v) is 8.65. The Morgan fingerprint density at radius 3 is 2.30 bits per heavy atom. The number of rotatable bonds is 4. The molecule has 7 heteroatoms. The van der Waals surface area contributed by atoms with Crippen molar-refractivity contribution in [3.8, 4) is 0 Å². The monoisotopic (exact) mass is 412 g/mol. The van der Waals surface area contributed by atoms with Crippen molar-refractivity contribution in [3.05, 3.63) is 32.4 Å². The van der Waals surface area contributed by atoms with Gasteiger partial charge < -0.3 is 5.73 Å². The summed E-state index contributed by atoms with van der Waals surface area (Å²) >= 11 is 2.18. The van der Waals surface area contributed by atoms with Gasteiger partial charge in [0.25, 0.3) is 0 Å². The molecule has 0 atom stereocenters. The third-order valence-corrected chi connectivity index (χ3v) is 5.03. The number of hydrogen-bond donors (Lipinski definition) is 2. The highest BCUT2D eigenvalue weighted by Gasteiger charge is 2.21. The Kier molecular flexibility index (Phi) is 5.59. The van der Waals surface area contributed by atoms with Gasteiger partial charge in [-0.05, 0) is 50.8 Å². The van der Waals surface area contributed by atoms with E-state index in [2.05, 4.69) is 43.4 Å². The smallest absolute Gasteiger partial charge is 0.326 e. The molecule has 0 aliphatic heterocycles. The molecule has 5 nitrogen and oxygen atoms in total. The summed E-state index contributed by atoms with van der Waals surface area (Å²) in [4.78, 5) is 0. The molecule has 114 valence electrons. The van der Waals surface area contributed by atoms with Crippen LogP contribution >= 0.6 is 22.6 Å². The van der Waals surface area contributed by atoms with E-state index < -0.39 is 10.3 Å². The Bertz CT molecular complexity index is 594. The second-order valence-electron chi connectivity index (χ2n) is 5.78. The third kappa shape index (κ3) is 4.39. The molecule has 1 aromatic rings. The summed E-state index contributed by atoms with van der Waals surface area (Å²) in [7, 11) is -2.86. The second kappa shape index (κ2) is 6.27. The van der Waals surface area contributed by atoms with E-state index in [1.165, 1.54) is 7.05 Å². The summed E-state index contributed by atoms with van der Waals surface area (Å²) in [5, 5.41) is 0. The number of halogens is 1. The van der Waals surface area contributed by atoms with Gasteiger partial charge in [-0.15, -0.1) is 0 Å². The minimum absolute atomic E-state index is 0.00265. The molecule has 0 saturated carbocycles. The predicted octanol–water partition coefficient (Wildman–Crippen LogP) is 2.28. The summed E-state index contributed by atoms with van der Waals surface area (Å²) in [6.07, 6.45) is 0. The fourth-order valence-electron chi connectivity index (χ4n) is 1.79. The highest BCUT2D eigenvalue weighted by Crippen LogP contribution is 2.29. The quantitative estimate of drug-likeness (QED) is 0.587. The lowest BCUT2D eigenvalue weighted by atomic mass is 9.85. The fourth-order valence-corrected chi connectivity index (χ4v) is 2.93. The molecule has 0 bridgehead atoms. The van der Waals surface area contributed by atoms with Gasteiger partial charge in [0.1, 0.15) is 0 Å². The maximum Gasteiger partial charge on any atom is 0.335 e. The summed E-state index contributed by atoms with van der Waals surface area (Å²) in [6.45, 7) is 6.77. The molecule has 20 heavy (non-hydrogen) atoms. The van der Waals surface area contributed by atoms with Crippen LogP contribution in [-0.4, -0.2) is 24.3 Å². The van der Waals surface area contributed by atoms with E-state index in [9.17, 15) is 8.42 Å². The normalized spacial score (nSPS) is 13.0. The maximum atomic E-state index is 11.1. The number of benzene rings is 1. The molecule has 1 aromatic carbocycles. The van der Waals surface area contributed by atoms with Crippen LogP contribution in [0.1, 0.15) is 37.5 Å². The van der Waals surface area contributed by atoms with Gasteiger partial charge in [-0.2, -0.15) is 12.7 Å². The predicted molar refractivity (Wildman–Crippen MR) is 88.8 cm³/mol. The molecule has 0 saturated heterocycles. The molecule has 0 heterocycles. The molecule has 0 spiro atoms. The first kappa shape index (κ1) is 17.8. The van der Waals surface area contributed by atoms with Crippen molar-refractivity contribution in [2.24, 2.45) is 5.73 Å². The van der Waals surface area contributed by atoms with E-state index in [-0.39, 0.29) is 12.0 Å². The Balaban J connectivity index is 3.28. The average molecular weight is 412 g/mol. The van der Waals surface area contributed by atoms with Crippen molar-refractivity contribution in [3.63, 3.8) is 0 Å². The number of hydrogen-bond acceptors (Lipinski definition) is 3. The molecule has 0 amide bonds. The van der Waals surface area contributed by atoms with Gasteiger partial charge in [0, 0.05) is 23.7 Å².